The van der Waals surface area contributed by atoms with E-state index in [1.54, 1.807) is 3.92 Å². The molecular weight excluding hydrogens is 175 g/mol. The zero-order valence-electron chi connectivity index (χ0n) is 3.00. The standard InChI is InChI=1S/C4H6I/c5-4-2-1-3-4/h1-3H2. The molecule has 1 aliphatic rings. The van der Waals surface area contributed by atoms with Crippen LogP contribution in [0, 0.1) is 3.92 Å². The molecular formula is C4H6I. The molecule has 0 nitrogen and oxygen atoms in total. The molecule has 1 aliphatic carbocycles. The number of hydrogen-bond acceptors (Lipinski definition) is 0. The Hall–Kier alpha value is 0.730. The van der Waals surface area contributed by atoms with Gasteiger partial charge < -0.3 is 0 Å². The lowest BCUT2D eigenvalue weighted by Gasteiger charge is -2.15. The van der Waals surface area contributed by atoms with E-state index in [4.69, 9.17) is 0 Å². The van der Waals surface area contributed by atoms with Crippen LogP contribution in [0.5, 0.6) is 0 Å². The van der Waals surface area contributed by atoms with Crippen molar-refractivity contribution in [1.82, 2.24) is 0 Å². The summed E-state index contributed by atoms with van der Waals surface area (Å²) in [5.41, 5.74) is 0. The molecule has 0 atom stereocenters. The van der Waals surface area contributed by atoms with Crippen LogP contribution in [-0.4, -0.2) is 0 Å². The van der Waals surface area contributed by atoms with Gasteiger partial charge >= 0.3 is 0 Å². The normalized spacial score (nSPS) is 25.8. The molecule has 0 unspecified atom stereocenters. The topological polar surface area (TPSA) is 0 Å². The lowest BCUT2D eigenvalue weighted by molar-refractivity contribution is 0.640. The number of hydrogen-bond donors (Lipinski definition) is 0. The largest absolute Gasteiger partial charge is 0.0774 e. The van der Waals surface area contributed by atoms with Crippen LogP contribution in [0.25, 0.3) is 0 Å². The Balaban J connectivity index is 2.08. The van der Waals surface area contributed by atoms with Crippen molar-refractivity contribution in [2.75, 3.05) is 0 Å². The Morgan fingerprint density at radius 2 is 1.80 bits per heavy atom. The highest BCUT2D eigenvalue weighted by Gasteiger charge is 2.12. The Kier molecular flexibility index (Phi) is 1.13. The van der Waals surface area contributed by atoms with Crippen LogP contribution in [0.2, 0.25) is 0 Å². The average Bonchev–Trinajstić information content (AvgIpc) is 1.30. The van der Waals surface area contributed by atoms with Crippen molar-refractivity contribution < 1.29 is 0 Å². The fourth-order valence-electron chi connectivity index (χ4n) is 0.310. The van der Waals surface area contributed by atoms with Crippen LogP contribution in [0.3, 0.4) is 0 Å². The van der Waals surface area contributed by atoms with Crippen molar-refractivity contribution in [3.05, 3.63) is 3.92 Å². The fraction of sp³-hybridized carbons (Fsp3) is 0.750. The van der Waals surface area contributed by atoms with Gasteiger partial charge in [-0.3, -0.25) is 0 Å². The van der Waals surface area contributed by atoms with Gasteiger partial charge in [0.15, 0.2) is 0 Å². The molecule has 0 heterocycles. The Bertz CT molecular complexity index is 30.6. The van der Waals surface area contributed by atoms with Gasteiger partial charge in [0.2, 0.25) is 0 Å². The van der Waals surface area contributed by atoms with E-state index in [1.165, 1.54) is 19.3 Å². The molecule has 0 aromatic rings. The first kappa shape index (κ1) is 3.90. The summed E-state index contributed by atoms with van der Waals surface area (Å²) in [6.07, 6.45) is 4.22. The van der Waals surface area contributed by atoms with Crippen molar-refractivity contribution in [2.24, 2.45) is 0 Å². The van der Waals surface area contributed by atoms with E-state index >= 15 is 0 Å². The third-order valence-electron chi connectivity index (χ3n) is 0.896. The first-order valence-electron chi connectivity index (χ1n) is 1.90. The number of halogens is 1. The van der Waals surface area contributed by atoms with Gasteiger partial charge in [0.25, 0.3) is 0 Å². The molecule has 1 radical (unpaired) electrons. The molecule has 0 amide bonds. The van der Waals surface area contributed by atoms with Gasteiger partial charge in [-0.05, 0) is 12.8 Å². The van der Waals surface area contributed by atoms with E-state index in [0.717, 1.165) is 0 Å². The summed E-state index contributed by atoms with van der Waals surface area (Å²) in [7, 11) is 0. The maximum absolute atomic E-state index is 2.41. The van der Waals surface area contributed by atoms with Gasteiger partial charge in [0.05, 0.1) is 0 Å². The highest BCUT2D eigenvalue weighted by Crippen LogP contribution is 2.34. The van der Waals surface area contributed by atoms with E-state index in [0.29, 0.717) is 0 Å². The molecule has 0 bridgehead atoms. The molecule has 0 saturated heterocycles. The summed E-state index contributed by atoms with van der Waals surface area (Å²) in [5.74, 6) is 0. The molecule has 1 saturated carbocycles. The third-order valence-corrected chi connectivity index (χ3v) is 1.97. The smallest absolute Gasteiger partial charge is 0.0367 e. The fourth-order valence-corrected chi connectivity index (χ4v) is 1.07. The summed E-state index contributed by atoms with van der Waals surface area (Å²) in [5, 5.41) is 0. The van der Waals surface area contributed by atoms with Crippen LogP contribution in [0.15, 0.2) is 0 Å². The van der Waals surface area contributed by atoms with Crippen LogP contribution in [0.1, 0.15) is 19.3 Å². The molecule has 29 valence electrons. The molecule has 0 aromatic heterocycles. The van der Waals surface area contributed by atoms with Crippen molar-refractivity contribution in [3.63, 3.8) is 0 Å². The Morgan fingerprint density at radius 3 is 1.80 bits per heavy atom. The van der Waals surface area contributed by atoms with E-state index in [-0.39, 0.29) is 0 Å². The molecule has 1 rings (SSSR count). The third kappa shape index (κ3) is 0.778. The quantitative estimate of drug-likeness (QED) is 0.502. The SMILES string of the molecule is I[C]1CCC1. The van der Waals surface area contributed by atoms with E-state index in [2.05, 4.69) is 22.6 Å². The first-order valence-corrected chi connectivity index (χ1v) is 2.97. The predicted molar refractivity (Wildman–Crippen MR) is 31.1 cm³/mol. The zero-order valence-corrected chi connectivity index (χ0v) is 5.16. The Morgan fingerprint density at radius 1 is 1.40 bits per heavy atom. The maximum Gasteiger partial charge on any atom is 0.0367 e. The van der Waals surface area contributed by atoms with Gasteiger partial charge in [-0.2, -0.15) is 0 Å². The van der Waals surface area contributed by atoms with Gasteiger partial charge in [-0.15, -0.1) is 0 Å². The van der Waals surface area contributed by atoms with Gasteiger partial charge in [0, 0.05) is 3.92 Å². The number of rotatable bonds is 0. The van der Waals surface area contributed by atoms with Crippen molar-refractivity contribution in [3.8, 4) is 0 Å². The highest BCUT2D eigenvalue weighted by molar-refractivity contribution is 14.1. The molecule has 0 aliphatic heterocycles. The summed E-state index contributed by atoms with van der Waals surface area (Å²) in [4.78, 5) is 0. The highest BCUT2D eigenvalue weighted by atomic mass is 127. The van der Waals surface area contributed by atoms with Crippen LogP contribution in [-0.2, 0) is 0 Å². The van der Waals surface area contributed by atoms with Crippen molar-refractivity contribution >= 4 is 22.6 Å². The predicted octanol–water partition coefficient (Wildman–Crippen LogP) is 2.14. The van der Waals surface area contributed by atoms with Crippen molar-refractivity contribution in [1.29, 1.82) is 0 Å². The summed E-state index contributed by atoms with van der Waals surface area (Å²) in [6.45, 7) is 0. The second-order valence-electron chi connectivity index (χ2n) is 1.37. The average molecular weight is 181 g/mol. The minimum absolute atomic E-state index is 1.39. The Labute approximate surface area is 46.1 Å². The molecule has 1 heteroatoms. The summed E-state index contributed by atoms with van der Waals surface area (Å²) >= 11 is 2.41. The van der Waals surface area contributed by atoms with Crippen LogP contribution < -0.4 is 0 Å². The zero-order chi connectivity index (χ0) is 3.70. The van der Waals surface area contributed by atoms with Crippen LogP contribution in [0.4, 0.5) is 0 Å². The summed E-state index contributed by atoms with van der Waals surface area (Å²) in [6, 6.07) is 0. The summed E-state index contributed by atoms with van der Waals surface area (Å²) < 4.78 is 1.66. The molecule has 0 N–H and O–H groups in total. The van der Waals surface area contributed by atoms with Crippen LogP contribution >= 0.6 is 22.6 Å². The van der Waals surface area contributed by atoms with Gasteiger partial charge in [0.1, 0.15) is 0 Å². The van der Waals surface area contributed by atoms with Crippen molar-refractivity contribution in [2.45, 2.75) is 19.3 Å². The minimum atomic E-state index is 1.39. The van der Waals surface area contributed by atoms with Gasteiger partial charge in [-0.1, -0.05) is 29.0 Å². The molecule has 5 heavy (non-hydrogen) atoms. The first-order chi connectivity index (χ1) is 2.39. The van der Waals surface area contributed by atoms with E-state index in [9.17, 15) is 0 Å². The molecule has 1 fully saturated rings. The molecule has 0 aromatic carbocycles. The molecule has 0 spiro atoms. The maximum atomic E-state index is 2.41. The van der Waals surface area contributed by atoms with E-state index < -0.39 is 0 Å². The lowest BCUT2D eigenvalue weighted by Crippen LogP contribution is -1.97. The monoisotopic (exact) mass is 181 g/mol. The lowest BCUT2D eigenvalue weighted by atomic mass is 10.0. The second-order valence-corrected chi connectivity index (χ2v) is 2.90. The van der Waals surface area contributed by atoms with E-state index in [1.807, 2.05) is 0 Å². The van der Waals surface area contributed by atoms with Gasteiger partial charge in [-0.25, -0.2) is 0 Å². The second kappa shape index (κ2) is 1.45. The minimum Gasteiger partial charge on any atom is -0.0774 e.